The van der Waals surface area contributed by atoms with Crippen LogP contribution in [-0.2, 0) is 23.9 Å². The first-order valence-corrected chi connectivity index (χ1v) is 9.87. The minimum Gasteiger partial charge on any atom is -0.356 e. The maximum Gasteiger partial charge on any atom is 0.416 e. The molecule has 1 aliphatic rings. The number of benzene rings is 2. The summed E-state index contributed by atoms with van der Waals surface area (Å²) in [7, 11) is 1.66. The summed E-state index contributed by atoms with van der Waals surface area (Å²) in [6.07, 6.45) is -2.23. The number of amides is 1. The number of anilines is 1. The normalized spacial score (nSPS) is 14.4. The first-order chi connectivity index (χ1) is 14.4. The second kappa shape index (κ2) is 11.4. The predicted molar refractivity (Wildman–Crippen MR) is 127 cm³/mol. The molecular weight excluding hydrogens is 520 g/mol. The van der Waals surface area contributed by atoms with Gasteiger partial charge in [-0.25, -0.2) is 0 Å². The molecule has 0 spiro atoms. The third-order valence-electron chi connectivity index (χ3n) is 4.99. The second-order valence-corrected chi connectivity index (χ2v) is 7.11. The number of halogens is 4. The van der Waals surface area contributed by atoms with Gasteiger partial charge >= 0.3 is 6.18 Å². The van der Waals surface area contributed by atoms with E-state index >= 15 is 0 Å². The van der Waals surface area contributed by atoms with Crippen molar-refractivity contribution in [1.29, 1.82) is 0 Å². The van der Waals surface area contributed by atoms with E-state index in [1.165, 1.54) is 12.1 Å². The molecule has 0 unspecified atom stereocenters. The Hall–Kier alpha value is -2.30. The maximum atomic E-state index is 12.6. The van der Waals surface area contributed by atoms with Gasteiger partial charge in [0.2, 0.25) is 5.91 Å². The average molecular weight is 546 g/mol. The smallest absolute Gasteiger partial charge is 0.356 e. The van der Waals surface area contributed by atoms with E-state index in [1.807, 2.05) is 24.3 Å². The van der Waals surface area contributed by atoms with Crippen LogP contribution in [0, 0.1) is 0 Å². The molecule has 1 heterocycles. The molecule has 2 N–H and O–H groups in total. The zero-order chi connectivity index (χ0) is 21.6. The summed E-state index contributed by atoms with van der Waals surface area (Å²) >= 11 is 0. The summed E-state index contributed by atoms with van der Waals surface area (Å²) in [5, 5.41) is 6.37. The highest BCUT2D eigenvalue weighted by Gasteiger charge is 2.29. The number of nitrogens with one attached hydrogen (secondary N) is 2. The molecule has 0 aliphatic carbocycles. The number of alkyl halides is 3. The molecule has 2 aromatic rings. The van der Waals surface area contributed by atoms with Crippen molar-refractivity contribution in [2.75, 3.05) is 25.0 Å². The van der Waals surface area contributed by atoms with Gasteiger partial charge in [0.1, 0.15) is 0 Å². The van der Waals surface area contributed by atoms with Gasteiger partial charge in [-0.1, -0.05) is 24.3 Å². The highest BCUT2D eigenvalue weighted by molar-refractivity contribution is 14.0. The van der Waals surface area contributed by atoms with E-state index in [1.54, 1.807) is 11.9 Å². The molecule has 1 aliphatic heterocycles. The molecule has 0 radical (unpaired) electrons. The molecule has 0 saturated carbocycles. The van der Waals surface area contributed by atoms with Crippen LogP contribution in [-0.4, -0.2) is 32.0 Å². The van der Waals surface area contributed by atoms with Crippen molar-refractivity contribution in [2.45, 2.75) is 32.0 Å². The molecular formula is C22H26F3IN4O. The van der Waals surface area contributed by atoms with E-state index in [-0.39, 0.29) is 29.9 Å². The van der Waals surface area contributed by atoms with Gasteiger partial charge in [-0.05, 0) is 48.2 Å². The van der Waals surface area contributed by atoms with Gasteiger partial charge in [0.25, 0.3) is 0 Å². The number of hydrogen-bond acceptors (Lipinski definition) is 2. The molecule has 5 nitrogen and oxygen atoms in total. The lowest BCUT2D eigenvalue weighted by molar-refractivity contribution is -0.137. The van der Waals surface area contributed by atoms with Crippen LogP contribution in [0.25, 0.3) is 0 Å². The fraction of sp³-hybridized carbons (Fsp3) is 0.364. The van der Waals surface area contributed by atoms with Crippen LogP contribution in [0.5, 0.6) is 0 Å². The number of aliphatic imine (C=N–C) groups is 1. The molecule has 2 aromatic carbocycles. The minimum atomic E-state index is -4.31. The van der Waals surface area contributed by atoms with Gasteiger partial charge in [0.15, 0.2) is 5.96 Å². The molecule has 1 saturated heterocycles. The van der Waals surface area contributed by atoms with Crippen molar-refractivity contribution in [3.63, 3.8) is 0 Å². The molecule has 1 fully saturated rings. The summed E-state index contributed by atoms with van der Waals surface area (Å²) in [5.74, 6) is 0.777. The van der Waals surface area contributed by atoms with Crippen molar-refractivity contribution in [1.82, 2.24) is 10.6 Å². The predicted octanol–water partition coefficient (Wildman–Crippen LogP) is 4.36. The van der Waals surface area contributed by atoms with Gasteiger partial charge in [-0.2, -0.15) is 13.2 Å². The van der Waals surface area contributed by atoms with E-state index in [9.17, 15) is 18.0 Å². The molecule has 3 rings (SSSR count). The first kappa shape index (κ1) is 25.0. The first-order valence-electron chi connectivity index (χ1n) is 9.87. The van der Waals surface area contributed by atoms with Crippen molar-refractivity contribution in [3.8, 4) is 0 Å². The highest BCUT2D eigenvalue weighted by atomic mass is 127. The van der Waals surface area contributed by atoms with Gasteiger partial charge in [0.05, 0.1) is 5.56 Å². The molecule has 31 heavy (non-hydrogen) atoms. The van der Waals surface area contributed by atoms with Crippen molar-refractivity contribution < 1.29 is 18.0 Å². The summed E-state index contributed by atoms with van der Waals surface area (Å²) in [5.41, 5.74) is 2.14. The Morgan fingerprint density at radius 2 is 1.68 bits per heavy atom. The Kier molecular flexibility index (Phi) is 9.15. The molecule has 168 valence electrons. The van der Waals surface area contributed by atoms with Crippen LogP contribution in [0.3, 0.4) is 0 Å². The standard InChI is InChI=1S/C22H25F3N4O.HI/c1-26-21(27-13-12-16-4-8-18(9-5-16)22(23,24)25)28-15-17-6-10-19(11-7-17)29-14-2-3-20(29)30;/h4-11H,2-3,12-15H2,1H3,(H2,26,27,28);1H. The second-order valence-electron chi connectivity index (χ2n) is 7.11. The topological polar surface area (TPSA) is 56.7 Å². The van der Waals surface area contributed by atoms with Crippen LogP contribution in [0.1, 0.15) is 29.5 Å². The highest BCUT2D eigenvalue weighted by Crippen LogP contribution is 2.29. The lowest BCUT2D eigenvalue weighted by atomic mass is 10.1. The van der Waals surface area contributed by atoms with Gasteiger partial charge in [0, 0.05) is 38.8 Å². The van der Waals surface area contributed by atoms with Crippen LogP contribution >= 0.6 is 24.0 Å². The van der Waals surface area contributed by atoms with Crippen LogP contribution in [0.15, 0.2) is 53.5 Å². The zero-order valence-corrected chi connectivity index (χ0v) is 19.5. The monoisotopic (exact) mass is 546 g/mol. The Morgan fingerprint density at radius 1 is 1.03 bits per heavy atom. The van der Waals surface area contributed by atoms with Gasteiger partial charge in [-0.3, -0.25) is 9.79 Å². The number of hydrogen-bond donors (Lipinski definition) is 2. The Morgan fingerprint density at radius 3 is 2.23 bits per heavy atom. The summed E-state index contributed by atoms with van der Waals surface area (Å²) in [6.45, 7) is 1.88. The zero-order valence-electron chi connectivity index (χ0n) is 17.2. The fourth-order valence-electron chi connectivity index (χ4n) is 3.31. The van der Waals surface area contributed by atoms with Crippen molar-refractivity contribution >= 4 is 41.5 Å². The average Bonchev–Trinajstić information content (AvgIpc) is 3.16. The molecule has 1 amide bonds. The van der Waals surface area contributed by atoms with Crippen molar-refractivity contribution in [3.05, 3.63) is 65.2 Å². The van der Waals surface area contributed by atoms with Crippen LogP contribution < -0.4 is 15.5 Å². The van der Waals surface area contributed by atoms with E-state index in [2.05, 4.69) is 15.6 Å². The van der Waals surface area contributed by atoms with E-state index in [0.717, 1.165) is 41.9 Å². The van der Waals surface area contributed by atoms with Crippen LogP contribution in [0.2, 0.25) is 0 Å². The maximum absolute atomic E-state index is 12.6. The number of rotatable bonds is 6. The van der Waals surface area contributed by atoms with Crippen LogP contribution in [0.4, 0.5) is 18.9 Å². The molecule has 0 aromatic heterocycles. The van der Waals surface area contributed by atoms with Crippen molar-refractivity contribution in [2.24, 2.45) is 4.99 Å². The number of carbonyl (C=O) groups is 1. The number of nitrogens with zero attached hydrogens (tertiary/aromatic N) is 2. The Balaban J connectivity index is 0.00000341. The number of carbonyl (C=O) groups excluding carboxylic acids is 1. The summed E-state index contributed by atoms with van der Waals surface area (Å²) in [4.78, 5) is 17.8. The third-order valence-corrected chi connectivity index (χ3v) is 4.99. The Labute approximate surface area is 197 Å². The number of guanidine groups is 1. The lowest BCUT2D eigenvalue weighted by Gasteiger charge is -2.16. The molecule has 0 bridgehead atoms. The SMILES string of the molecule is CN=C(NCCc1ccc(C(F)(F)F)cc1)NCc1ccc(N2CCCC2=O)cc1.I. The van der Waals surface area contributed by atoms with Gasteiger partial charge in [-0.15, -0.1) is 24.0 Å². The quantitative estimate of drug-likeness (QED) is 0.322. The molecule has 9 heteroatoms. The molecule has 0 atom stereocenters. The fourth-order valence-corrected chi connectivity index (χ4v) is 3.31. The third kappa shape index (κ3) is 7.12. The van der Waals surface area contributed by atoms with Gasteiger partial charge < -0.3 is 15.5 Å². The van der Waals surface area contributed by atoms with E-state index in [4.69, 9.17) is 0 Å². The van der Waals surface area contributed by atoms with E-state index < -0.39 is 11.7 Å². The Bertz CT molecular complexity index is 883. The summed E-state index contributed by atoms with van der Waals surface area (Å²) < 4.78 is 37.8. The summed E-state index contributed by atoms with van der Waals surface area (Å²) in [6, 6.07) is 13.0. The van der Waals surface area contributed by atoms with E-state index in [0.29, 0.717) is 31.9 Å². The largest absolute Gasteiger partial charge is 0.416 e. The lowest BCUT2D eigenvalue weighted by Crippen LogP contribution is -2.37. The minimum absolute atomic E-state index is 0.